The van der Waals surface area contributed by atoms with Gasteiger partial charge >= 0.3 is 0 Å². The third-order valence-electron chi connectivity index (χ3n) is 2.08. The van der Waals surface area contributed by atoms with Crippen LogP contribution < -0.4 is 0 Å². The summed E-state index contributed by atoms with van der Waals surface area (Å²) in [7, 11) is 1.30. The van der Waals surface area contributed by atoms with E-state index >= 15 is 0 Å². The van der Waals surface area contributed by atoms with Crippen LogP contribution in [0.2, 0.25) is 0 Å². The first kappa shape index (κ1) is 10.8. The van der Waals surface area contributed by atoms with Crippen LogP contribution in [0.25, 0.3) is 0 Å². The van der Waals surface area contributed by atoms with Crippen LogP contribution in [0.5, 0.6) is 0 Å². The zero-order valence-electron chi connectivity index (χ0n) is 7.20. The average Bonchev–Trinajstić information content (AvgIpc) is 2.15. The van der Waals surface area contributed by atoms with Crippen molar-refractivity contribution in [3.8, 4) is 0 Å². The molecule has 1 rings (SSSR count). The van der Waals surface area contributed by atoms with Gasteiger partial charge in [-0.1, -0.05) is 0 Å². The van der Waals surface area contributed by atoms with Crippen molar-refractivity contribution in [2.45, 2.75) is 30.7 Å². The second kappa shape index (κ2) is 4.32. The molecule has 0 aromatic heterocycles. The van der Waals surface area contributed by atoms with E-state index in [1.807, 2.05) is 0 Å². The van der Waals surface area contributed by atoms with Crippen molar-refractivity contribution in [3.63, 3.8) is 0 Å². The quantitative estimate of drug-likeness (QED) is 0.363. The largest absolute Gasteiger partial charge is 0.394 e. The zero-order valence-corrected chi connectivity index (χ0v) is 7.20. The van der Waals surface area contributed by atoms with Gasteiger partial charge in [-0.2, -0.15) is 0 Å². The fraction of sp³-hybridized carbons (Fsp3) is 1.00. The van der Waals surface area contributed by atoms with Gasteiger partial charge in [0.15, 0.2) is 6.29 Å². The van der Waals surface area contributed by atoms with Gasteiger partial charge in [0.05, 0.1) is 6.61 Å². The van der Waals surface area contributed by atoms with Crippen LogP contribution in [0, 0.1) is 0 Å². The van der Waals surface area contributed by atoms with E-state index in [1.165, 1.54) is 7.11 Å². The van der Waals surface area contributed by atoms with E-state index in [1.54, 1.807) is 0 Å². The number of methoxy groups -OCH3 is 1. The summed E-state index contributed by atoms with van der Waals surface area (Å²) in [5.41, 5.74) is 0. The molecule has 6 heteroatoms. The fourth-order valence-corrected chi connectivity index (χ4v) is 1.26. The number of rotatable bonds is 2. The van der Waals surface area contributed by atoms with Gasteiger partial charge in [0, 0.05) is 7.11 Å². The fourth-order valence-electron chi connectivity index (χ4n) is 1.26. The van der Waals surface area contributed by atoms with E-state index in [9.17, 15) is 15.3 Å². The summed E-state index contributed by atoms with van der Waals surface area (Å²) in [6.45, 7) is -0.440. The van der Waals surface area contributed by atoms with Gasteiger partial charge in [-0.3, -0.25) is 0 Å². The Morgan fingerprint density at radius 2 is 1.77 bits per heavy atom. The number of hydrogen-bond donors (Lipinski definition) is 4. The minimum absolute atomic E-state index is 0.440. The van der Waals surface area contributed by atoms with Gasteiger partial charge in [0.2, 0.25) is 0 Å². The molecule has 13 heavy (non-hydrogen) atoms. The van der Waals surface area contributed by atoms with Crippen molar-refractivity contribution in [1.82, 2.24) is 0 Å². The first-order valence-corrected chi connectivity index (χ1v) is 3.95. The lowest BCUT2D eigenvalue weighted by Crippen LogP contribution is -2.58. The highest BCUT2D eigenvalue weighted by molar-refractivity contribution is 4.88. The Hall–Kier alpha value is -0.240. The molecule has 1 fully saturated rings. The van der Waals surface area contributed by atoms with Gasteiger partial charge in [-0.25, -0.2) is 0 Å². The van der Waals surface area contributed by atoms with E-state index in [4.69, 9.17) is 14.6 Å². The molecule has 1 aliphatic heterocycles. The molecule has 0 radical (unpaired) electrons. The highest BCUT2D eigenvalue weighted by Crippen LogP contribution is 2.20. The molecule has 0 aliphatic carbocycles. The lowest BCUT2D eigenvalue weighted by Gasteiger charge is -2.38. The lowest BCUT2D eigenvalue weighted by atomic mass is 10.2. The van der Waals surface area contributed by atoms with Crippen LogP contribution in [0.1, 0.15) is 0 Å². The van der Waals surface area contributed by atoms with Crippen molar-refractivity contribution < 1.29 is 29.9 Å². The maximum Gasteiger partial charge on any atom is 0.186 e. The second-order valence-corrected chi connectivity index (χ2v) is 2.93. The monoisotopic (exact) mass is 197 g/mol. The summed E-state index contributed by atoms with van der Waals surface area (Å²) in [6, 6.07) is 0. The first-order chi connectivity index (χ1) is 6.11. The summed E-state index contributed by atoms with van der Waals surface area (Å²) in [5.74, 6) is 0. The highest BCUT2D eigenvalue weighted by Gasteiger charge is 2.43. The Morgan fingerprint density at radius 1 is 1.15 bits per heavy atom. The number of aliphatic hydroxyl groups is 4. The maximum atomic E-state index is 9.28. The molecule has 1 heterocycles. The number of ether oxygens (including phenoxy) is 2. The topological polar surface area (TPSA) is 99.4 Å². The van der Waals surface area contributed by atoms with E-state index in [0.717, 1.165) is 0 Å². The molecule has 5 atom stereocenters. The van der Waals surface area contributed by atoms with Crippen molar-refractivity contribution in [3.05, 3.63) is 0 Å². The number of hydrogen-bond acceptors (Lipinski definition) is 6. The van der Waals surface area contributed by atoms with Gasteiger partial charge in [0.1, 0.15) is 24.4 Å². The zero-order chi connectivity index (χ0) is 10.0. The van der Waals surface area contributed by atoms with Crippen LogP contribution in [0.3, 0.4) is 0 Å². The molecule has 6 nitrogen and oxygen atoms in total. The predicted octanol–water partition coefficient (Wildman–Crippen LogP) is -2.57. The molecule has 1 aliphatic rings. The summed E-state index contributed by atoms with van der Waals surface area (Å²) >= 11 is 0. The van der Waals surface area contributed by atoms with E-state index in [0.29, 0.717) is 0 Å². The summed E-state index contributed by atoms with van der Waals surface area (Å²) in [5, 5.41) is 36.6. The Bertz CT molecular complexity index is 143. The normalized spacial score (nSPS) is 46.4. The molecule has 4 N–H and O–H groups in total. The van der Waals surface area contributed by atoms with Crippen molar-refractivity contribution in [2.75, 3.05) is 13.7 Å². The van der Waals surface area contributed by atoms with Crippen LogP contribution in [-0.4, -0.2) is 64.8 Å². The van der Waals surface area contributed by atoms with Gasteiger partial charge < -0.3 is 29.9 Å². The van der Waals surface area contributed by atoms with Gasteiger partial charge in [0.25, 0.3) is 0 Å². The molecule has 0 unspecified atom stereocenters. The average molecular weight is 197 g/mol. The van der Waals surface area contributed by atoms with Gasteiger partial charge in [-0.05, 0) is 0 Å². The molecular formula is C7H14O6. The predicted molar refractivity (Wildman–Crippen MR) is 40.8 cm³/mol. The number of aliphatic hydroxyl groups excluding tert-OH is 4. The van der Waals surface area contributed by atoms with Crippen molar-refractivity contribution >= 4 is 0 Å². The minimum Gasteiger partial charge on any atom is -0.394 e. The molecule has 0 spiro atoms. The lowest BCUT2D eigenvalue weighted by molar-refractivity contribution is -0.294. The standard InChI is InChI=1S/C7H14O6/c1-12-7-6(11)5(10)4(9)3(2-8)13-7/h3-11H,2H2,1H3/t3-,4-,5+,6-,7-/m1/s1/i2+1,3+1,4+1. The third-order valence-corrected chi connectivity index (χ3v) is 2.08. The Kier molecular flexibility index (Phi) is 3.60. The SMILES string of the molecule is CO[C@@H]1O[13C@H]([13CH2]O)[13C@@H](O)[C@H](O)[C@H]1O. The smallest absolute Gasteiger partial charge is 0.186 e. The van der Waals surface area contributed by atoms with Gasteiger partial charge in [-0.15, -0.1) is 0 Å². The molecule has 0 bridgehead atoms. The van der Waals surface area contributed by atoms with Crippen molar-refractivity contribution in [1.29, 1.82) is 0 Å². The van der Waals surface area contributed by atoms with E-state index in [-0.39, 0.29) is 0 Å². The molecule has 78 valence electrons. The molecular weight excluding hydrogens is 183 g/mol. The van der Waals surface area contributed by atoms with Crippen molar-refractivity contribution in [2.24, 2.45) is 0 Å². The molecule has 0 aromatic carbocycles. The molecule has 1 saturated heterocycles. The highest BCUT2D eigenvalue weighted by atomic mass is 16.8. The molecule has 0 amide bonds. The molecule has 0 saturated carbocycles. The van der Waals surface area contributed by atoms with Crippen LogP contribution in [0.15, 0.2) is 0 Å². The Morgan fingerprint density at radius 3 is 2.23 bits per heavy atom. The van der Waals surface area contributed by atoms with E-state index in [2.05, 4.69) is 0 Å². The van der Waals surface area contributed by atoms with E-state index < -0.39 is 37.3 Å². The Labute approximate surface area is 75.3 Å². The third kappa shape index (κ3) is 1.98. The summed E-state index contributed by atoms with van der Waals surface area (Å²) < 4.78 is 9.65. The minimum atomic E-state index is -1.36. The van der Waals surface area contributed by atoms with Crippen LogP contribution in [0.4, 0.5) is 0 Å². The molecule has 0 aromatic rings. The summed E-state index contributed by atoms with van der Waals surface area (Å²) in [6.07, 6.45) is -5.91. The first-order valence-electron chi connectivity index (χ1n) is 3.95. The van der Waals surface area contributed by atoms with Crippen LogP contribution >= 0.6 is 0 Å². The maximum absolute atomic E-state index is 9.28. The summed E-state index contributed by atoms with van der Waals surface area (Å²) in [4.78, 5) is 0. The second-order valence-electron chi connectivity index (χ2n) is 2.93. The van der Waals surface area contributed by atoms with Crippen LogP contribution in [-0.2, 0) is 9.47 Å². The Balaban J connectivity index is 2.66.